The summed E-state index contributed by atoms with van der Waals surface area (Å²) in [5.41, 5.74) is 2.21. The van der Waals surface area contributed by atoms with Crippen molar-refractivity contribution in [1.29, 1.82) is 0 Å². The van der Waals surface area contributed by atoms with Crippen LogP contribution in [0.4, 0.5) is 11.4 Å². The van der Waals surface area contributed by atoms with Gasteiger partial charge in [-0.05, 0) is 49.0 Å². The van der Waals surface area contributed by atoms with Gasteiger partial charge < -0.3 is 20.7 Å². The number of ether oxygens (including phenoxy) is 1. The second-order valence-corrected chi connectivity index (χ2v) is 6.48. The Balaban J connectivity index is 1.95. The average Bonchev–Trinajstić information content (AvgIpc) is 2.67. The highest BCUT2D eigenvalue weighted by Gasteiger charge is 2.30. The first-order valence-electron chi connectivity index (χ1n) is 8.37. The van der Waals surface area contributed by atoms with E-state index in [2.05, 4.69) is 16.0 Å². The van der Waals surface area contributed by atoms with Gasteiger partial charge >= 0.3 is 0 Å². The van der Waals surface area contributed by atoms with E-state index in [0.29, 0.717) is 33.4 Å². The molecule has 0 radical (unpaired) electrons. The van der Waals surface area contributed by atoms with Crippen LogP contribution >= 0.6 is 12.2 Å². The molecule has 1 aliphatic heterocycles. The van der Waals surface area contributed by atoms with Gasteiger partial charge in [-0.15, -0.1) is 0 Å². The second-order valence-electron chi connectivity index (χ2n) is 6.07. The Morgan fingerprint density at radius 3 is 2.54 bits per heavy atom. The highest BCUT2D eigenvalue weighted by Crippen LogP contribution is 2.30. The number of nitro groups is 1. The van der Waals surface area contributed by atoms with Crippen LogP contribution in [0.1, 0.15) is 18.5 Å². The van der Waals surface area contributed by atoms with E-state index < -0.39 is 11.0 Å². The minimum Gasteiger partial charge on any atom is -0.495 e. The van der Waals surface area contributed by atoms with Crippen molar-refractivity contribution >= 4 is 34.6 Å². The molecule has 0 bridgehead atoms. The van der Waals surface area contributed by atoms with Crippen molar-refractivity contribution in [3.05, 3.63) is 75.5 Å². The van der Waals surface area contributed by atoms with Crippen LogP contribution in [0.5, 0.6) is 5.75 Å². The van der Waals surface area contributed by atoms with Gasteiger partial charge in [0.25, 0.3) is 11.6 Å². The number of rotatable bonds is 5. The standard InChI is InChI=1S/C19H18N4O4S/c1-11-16(18(24)21-14-5-3-4-6-15(14)27-2)17(22-19(28)20-11)12-7-9-13(10-8-12)23(25)26/h3-10,17H,1-2H3,(H,21,24)(H2,20,22,28). The minimum atomic E-state index is -0.552. The molecule has 1 unspecified atom stereocenters. The third-order valence-electron chi connectivity index (χ3n) is 4.31. The topological polar surface area (TPSA) is 106 Å². The summed E-state index contributed by atoms with van der Waals surface area (Å²) >= 11 is 5.22. The number of anilines is 1. The Morgan fingerprint density at radius 2 is 1.89 bits per heavy atom. The maximum absolute atomic E-state index is 13.1. The summed E-state index contributed by atoms with van der Waals surface area (Å²) < 4.78 is 5.28. The van der Waals surface area contributed by atoms with Gasteiger partial charge in [0.05, 0.1) is 29.3 Å². The maximum atomic E-state index is 13.1. The van der Waals surface area contributed by atoms with Crippen molar-refractivity contribution < 1.29 is 14.5 Å². The number of allylic oxidation sites excluding steroid dienone is 1. The normalized spacial score (nSPS) is 16.1. The van der Waals surface area contributed by atoms with Crippen LogP contribution < -0.4 is 20.7 Å². The number of carbonyl (C=O) groups excluding carboxylic acids is 1. The number of amides is 1. The molecule has 2 aromatic rings. The molecule has 28 heavy (non-hydrogen) atoms. The predicted octanol–water partition coefficient (Wildman–Crippen LogP) is 3.03. The molecule has 9 heteroatoms. The summed E-state index contributed by atoms with van der Waals surface area (Å²) in [5, 5.41) is 20.1. The summed E-state index contributed by atoms with van der Waals surface area (Å²) in [4.78, 5) is 23.5. The zero-order chi connectivity index (χ0) is 20.3. The molecule has 1 amide bonds. The van der Waals surface area contributed by atoms with Gasteiger partial charge in [0, 0.05) is 17.8 Å². The SMILES string of the molecule is COc1ccccc1NC(=O)C1=C(C)NC(=S)NC1c1ccc([N+](=O)[O-])cc1. The summed E-state index contributed by atoms with van der Waals surface area (Å²) in [7, 11) is 1.53. The van der Waals surface area contributed by atoms with Crippen LogP contribution in [0.2, 0.25) is 0 Å². The number of benzene rings is 2. The molecule has 1 atom stereocenters. The molecule has 0 aliphatic carbocycles. The van der Waals surface area contributed by atoms with Crippen molar-refractivity contribution in [1.82, 2.24) is 10.6 Å². The van der Waals surface area contributed by atoms with Crippen LogP contribution in [0, 0.1) is 10.1 Å². The first-order valence-corrected chi connectivity index (χ1v) is 8.78. The summed E-state index contributed by atoms with van der Waals surface area (Å²) in [6.45, 7) is 1.75. The molecule has 0 saturated heterocycles. The number of hydrogen-bond acceptors (Lipinski definition) is 5. The number of carbonyl (C=O) groups is 1. The number of thiocarbonyl (C=S) groups is 1. The van der Waals surface area contributed by atoms with E-state index in [0.717, 1.165) is 0 Å². The lowest BCUT2D eigenvalue weighted by Gasteiger charge is -2.30. The van der Waals surface area contributed by atoms with Crippen molar-refractivity contribution in [2.24, 2.45) is 0 Å². The number of para-hydroxylation sites is 2. The minimum absolute atomic E-state index is 0.0269. The van der Waals surface area contributed by atoms with Crippen LogP contribution in [0.3, 0.4) is 0 Å². The summed E-state index contributed by atoms with van der Waals surface area (Å²) in [6.07, 6.45) is 0. The smallest absolute Gasteiger partial charge is 0.269 e. The lowest BCUT2D eigenvalue weighted by Crippen LogP contribution is -2.45. The van der Waals surface area contributed by atoms with Gasteiger partial charge in [-0.2, -0.15) is 0 Å². The van der Waals surface area contributed by atoms with Crippen LogP contribution in [0.15, 0.2) is 59.8 Å². The van der Waals surface area contributed by atoms with Crippen LogP contribution in [-0.2, 0) is 4.79 Å². The Morgan fingerprint density at radius 1 is 1.21 bits per heavy atom. The molecule has 0 spiro atoms. The molecule has 0 fully saturated rings. The highest BCUT2D eigenvalue weighted by atomic mass is 32.1. The zero-order valence-corrected chi connectivity index (χ0v) is 16.0. The van der Waals surface area contributed by atoms with Gasteiger partial charge in [-0.3, -0.25) is 14.9 Å². The van der Waals surface area contributed by atoms with Crippen LogP contribution in [-0.4, -0.2) is 23.1 Å². The highest BCUT2D eigenvalue weighted by molar-refractivity contribution is 7.80. The Hall–Kier alpha value is -3.46. The Kier molecular flexibility index (Phi) is 5.55. The number of non-ortho nitro benzene ring substituents is 1. The van der Waals surface area contributed by atoms with Gasteiger partial charge in [0.2, 0.25) is 0 Å². The fraction of sp³-hybridized carbons (Fsp3) is 0.158. The quantitative estimate of drug-likeness (QED) is 0.404. The second kappa shape index (κ2) is 8.05. The van der Waals surface area contributed by atoms with Gasteiger partial charge in [0.15, 0.2) is 5.11 Å². The molecular formula is C19H18N4O4S. The van der Waals surface area contributed by atoms with E-state index in [-0.39, 0.29) is 11.6 Å². The van der Waals surface area contributed by atoms with Crippen molar-refractivity contribution in [3.63, 3.8) is 0 Å². The van der Waals surface area contributed by atoms with Crippen molar-refractivity contribution in [2.45, 2.75) is 13.0 Å². The number of nitrogens with one attached hydrogen (secondary N) is 3. The molecule has 2 aromatic carbocycles. The van der Waals surface area contributed by atoms with Crippen molar-refractivity contribution in [2.75, 3.05) is 12.4 Å². The Labute approximate surface area is 166 Å². The molecule has 0 aromatic heterocycles. The largest absolute Gasteiger partial charge is 0.495 e. The molecule has 1 aliphatic rings. The predicted molar refractivity (Wildman–Crippen MR) is 109 cm³/mol. The maximum Gasteiger partial charge on any atom is 0.269 e. The van der Waals surface area contributed by atoms with E-state index in [1.165, 1.54) is 19.2 Å². The van der Waals surface area contributed by atoms with E-state index in [1.807, 2.05) is 0 Å². The number of nitrogens with zero attached hydrogens (tertiary/aromatic N) is 1. The van der Waals surface area contributed by atoms with E-state index in [9.17, 15) is 14.9 Å². The molecule has 3 rings (SSSR count). The monoisotopic (exact) mass is 398 g/mol. The summed E-state index contributed by atoms with van der Waals surface area (Å²) in [5.74, 6) is 0.195. The third kappa shape index (κ3) is 3.94. The van der Waals surface area contributed by atoms with E-state index in [4.69, 9.17) is 17.0 Å². The van der Waals surface area contributed by atoms with Gasteiger partial charge in [0.1, 0.15) is 5.75 Å². The molecular weight excluding hydrogens is 380 g/mol. The molecule has 3 N–H and O–H groups in total. The van der Waals surface area contributed by atoms with Crippen LogP contribution in [0.25, 0.3) is 0 Å². The summed E-state index contributed by atoms with van der Waals surface area (Å²) in [6, 6.07) is 12.5. The van der Waals surface area contributed by atoms with Crippen molar-refractivity contribution in [3.8, 4) is 5.75 Å². The first kappa shape index (κ1) is 19.3. The number of methoxy groups -OCH3 is 1. The lowest BCUT2D eigenvalue weighted by molar-refractivity contribution is -0.384. The van der Waals surface area contributed by atoms with E-state index >= 15 is 0 Å². The zero-order valence-electron chi connectivity index (χ0n) is 15.2. The molecule has 1 heterocycles. The van der Waals surface area contributed by atoms with Gasteiger partial charge in [-0.25, -0.2) is 0 Å². The molecule has 144 valence electrons. The number of hydrogen-bond donors (Lipinski definition) is 3. The molecule has 8 nitrogen and oxygen atoms in total. The average molecular weight is 398 g/mol. The lowest BCUT2D eigenvalue weighted by atomic mass is 9.94. The first-order chi connectivity index (χ1) is 13.4. The third-order valence-corrected chi connectivity index (χ3v) is 4.53. The fourth-order valence-electron chi connectivity index (χ4n) is 2.97. The van der Waals surface area contributed by atoms with E-state index in [1.54, 1.807) is 43.3 Å². The number of nitro benzene ring substituents is 1. The van der Waals surface area contributed by atoms with Gasteiger partial charge in [-0.1, -0.05) is 12.1 Å². The Bertz CT molecular complexity index is 972. The molecule has 0 saturated carbocycles. The fourth-order valence-corrected chi connectivity index (χ4v) is 3.24.